The van der Waals surface area contributed by atoms with Crippen molar-refractivity contribution in [1.82, 2.24) is 15.4 Å². The minimum absolute atomic E-state index is 0.0105. The van der Waals surface area contributed by atoms with Crippen molar-refractivity contribution in [3.63, 3.8) is 0 Å². The van der Waals surface area contributed by atoms with Crippen molar-refractivity contribution in [1.29, 1.82) is 0 Å². The number of amides is 2. The monoisotopic (exact) mass is 335 g/mol. The summed E-state index contributed by atoms with van der Waals surface area (Å²) in [6.07, 6.45) is 0.768. The van der Waals surface area contributed by atoms with E-state index in [4.69, 9.17) is 9.26 Å². The van der Waals surface area contributed by atoms with Gasteiger partial charge in [0, 0.05) is 12.6 Å². The van der Waals surface area contributed by atoms with Crippen LogP contribution >= 0.6 is 11.3 Å². The number of rotatable bonds is 4. The second-order valence-corrected chi connectivity index (χ2v) is 6.47. The van der Waals surface area contributed by atoms with Crippen LogP contribution in [0.3, 0.4) is 0 Å². The van der Waals surface area contributed by atoms with E-state index < -0.39 is 0 Å². The standard InChI is InChI=1S/C16H21N3O3S/c1-3-13-6-14(22-18-13)7-17-16(20)19-8-11(2)21-15(9-19)12-4-5-23-10-12/h4-6,10-11,15H,3,7-9H2,1-2H3,(H,17,20)/t11-,15+/m1/s1. The first-order chi connectivity index (χ1) is 11.2. The molecule has 23 heavy (non-hydrogen) atoms. The molecule has 1 aliphatic rings. The molecule has 2 aromatic rings. The molecule has 0 aliphatic carbocycles. The average Bonchev–Trinajstić information content (AvgIpc) is 3.23. The lowest BCUT2D eigenvalue weighted by Gasteiger charge is -2.36. The minimum Gasteiger partial charge on any atom is -0.367 e. The second-order valence-electron chi connectivity index (χ2n) is 5.69. The van der Waals surface area contributed by atoms with Crippen molar-refractivity contribution in [2.24, 2.45) is 0 Å². The lowest BCUT2D eigenvalue weighted by atomic mass is 10.1. The maximum Gasteiger partial charge on any atom is 0.317 e. The van der Waals surface area contributed by atoms with E-state index in [2.05, 4.69) is 15.9 Å². The molecule has 2 aromatic heterocycles. The predicted molar refractivity (Wildman–Crippen MR) is 87.3 cm³/mol. The third-order valence-corrected chi connectivity index (χ3v) is 4.55. The van der Waals surface area contributed by atoms with Gasteiger partial charge in [0.25, 0.3) is 0 Å². The lowest BCUT2D eigenvalue weighted by molar-refractivity contribution is -0.0655. The zero-order valence-corrected chi connectivity index (χ0v) is 14.1. The molecule has 1 fully saturated rings. The van der Waals surface area contributed by atoms with Gasteiger partial charge in [-0.2, -0.15) is 11.3 Å². The molecular formula is C16H21N3O3S. The number of aromatic nitrogens is 1. The quantitative estimate of drug-likeness (QED) is 0.933. The fraction of sp³-hybridized carbons (Fsp3) is 0.500. The molecule has 2 atom stereocenters. The van der Waals surface area contributed by atoms with Crippen LogP contribution in [0.4, 0.5) is 4.79 Å². The Morgan fingerprint density at radius 1 is 1.52 bits per heavy atom. The highest BCUT2D eigenvalue weighted by Crippen LogP contribution is 2.26. The highest BCUT2D eigenvalue weighted by Gasteiger charge is 2.29. The molecule has 6 nitrogen and oxygen atoms in total. The number of carbonyl (C=O) groups excluding carboxylic acids is 1. The number of nitrogens with one attached hydrogen (secondary N) is 1. The molecule has 0 bridgehead atoms. The molecule has 0 spiro atoms. The van der Waals surface area contributed by atoms with Crippen molar-refractivity contribution in [2.45, 2.75) is 39.0 Å². The van der Waals surface area contributed by atoms with E-state index in [0.29, 0.717) is 25.4 Å². The summed E-state index contributed by atoms with van der Waals surface area (Å²) in [5, 5.41) is 10.9. The van der Waals surface area contributed by atoms with Crippen LogP contribution in [-0.2, 0) is 17.7 Å². The smallest absolute Gasteiger partial charge is 0.317 e. The number of nitrogens with zero attached hydrogens (tertiary/aromatic N) is 2. The largest absolute Gasteiger partial charge is 0.367 e. The molecule has 124 valence electrons. The predicted octanol–water partition coefficient (Wildman–Crippen LogP) is 2.97. The van der Waals surface area contributed by atoms with Gasteiger partial charge in [-0.1, -0.05) is 12.1 Å². The second kappa shape index (κ2) is 7.14. The van der Waals surface area contributed by atoms with Gasteiger partial charge in [-0.05, 0) is 35.7 Å². The van der Waals surface area contributed by atoms with Gasteiger partial charge in [0.05, 0.1) is 24.9 Å². The Balaban J connectivity index is 1.57. The van der Waals surface area contributed by atoms with Crippen molar-refractivity contribution < 1.29 is 14.1 Å². The summed E-state index contributed by atoms with van der Waals surface area (Å²) in [5.74, 6) is 0.672. The van der Waals surface area contributed by atoms with E-state index in [9.17, 15) is 4.79 Å². The molecule has 3 rings (SSSR count). The van der Waals surface area contributed by atoms with Gasteiger partial charge in [-0.15, -0.1) is 0 Å². The highest BCUT2D eigenvalue weighted by molar-refractivity contribution is 7.07. The number of carbonyl (C=O) groups is 1. The number of hydrogen-bond acceptors (Lipinski definition) is 5. The lowest BCUT2D eigenvalue weighted by Crippen LogP contribution is -2.49. The Hall–Kier alpha value is -1.86. The highest BCUT2D eigenvalue weighted by atomic mass is 32.1. The number of hydrogen-bond donors (Lipinski definition) is 1. The number of ether oxygens (including phenoxy) is 1. The molecule has 0 unspecified atom stereocenters. The van der Waals surface area contributed by atoms with E-state index >= 15 is 0 Å². The summed E-state index contributed by atoms with van der Waals surface area (Å²) in [6.45, 7) is 5.50. The van der Waals surface area contributed by atoms with Crippen LogP contribution < -0.4 is 5.32 Å². The van der Waals surface area contributed by atoms with Gasteiger partial charge in [-0.25, -0.2) is 4.79 Å². The summed E-state index contributed by atoms with van der Waals surface area (Å²) in [4.78, 5) is 14.2. The third-order valence-electron chi connectivity index (χ3n) is 3.85. The van der Waals surface area contributed by atoms with Crippen LogP contribution in [0.15, 0.2) is 27.4 Å². The molecular weight excluding hydrogens is 314 g/mol. The number of morpholine rings is 1. The number of aryl methyl sites for hydroxylation is 1. The fourth-order valence-corrected chi connectivity index (χ4v) is 3.34. The van der Waals surface area contributed by atoms with E-state index in [1.165, 1.54) is 0 Å². The molecule has 2 amide bonds. The van der Waals surface area contributed by atoms with Gasteiger partial charge < -0.3 is 19.5 Å². The molecule has 7 heteroatoms. The van der Waals surface area contributed by atoms with Crippen LogP contribution in [0.5, 0.6) is 0 Å². The Morgan fingerprint density at radius 2 is 2.39 bits per heavy atom. The van der Waals surface area contributed by atoms with Crippen molar-refractivity contribution in [3.8, 4) is 0 Å². The van der Waals surface area contributed by atoms with Crippen LogP contribution in [0, 0.1) is 0 Å². The molecule has 1 saturated heterocycles. The van der Waals surface area contributed by atoms with E-state index in [-0.39, 0.29) is 18.2 Å². The molecule has 1 aliphatic heterocycles. The summed E-state index contributed by atoms with van der Waals surface area (Å²) in [5.41, 5.74) is 2.02. The van der Waals surface area contributed by atoms with Crippen LogP contribution in [0.25, 0.3) is 0 Å². The van der Waals surface area contributed by atoms with E-state index in [1.807, 2.05) is 31.4 Å². The first-order valence-electron chi connectivity index (χ1n) is 7.80. The topological polar surface area (TPSA) is 67.6 Å². The van der Waals surface area contributed by atoms with Gasteiger partial charge in [-0.3, -0.25) is 0 Å². The molecule has 1 N–H and O–H groups in total. The molecule has 0 aromatic carbocycles. The van der Waals surface area contributed by atoms with Gasteiger partial charge in [0.2, 0.25) is 0 Å². The third kappa shape index (κ3) is 3.92. The zero-order valence-electron chi connectivity index (χ0n) is 13.3. The summed E-state index contributed by atoms with van der Waals surface area (Å²) >= 11 is 1.64. The SMILES string of the molecule is CCc1cc(CNC(=O)N2C[C@@H](C)O[C@H](c3ccsc3)C2)on1. The molecule has 0 saturated carbocycles. The molecule has 0 radical (unpaired) electrons. The maximum absolute atomic E-state index is 12.4. The maximum atomic E-state index is 12.4. The summed E-state index contributed by atoms with van der Waals surface area (Å²) < 4.78 is 11.1. The summed E-state index contributed by atoms with van der Waals surface area (Å²) in [6, 6.07) is 3.82. The number of thiophene rings is 1. The minimum atomic E-state index is -0.102. The van der Waals surface area contributed by atoms with Crippen molar-refractivity contribution >= 4 is 17.4 Å². The van der Waals surface area contributed by atoms with E-state index in [1.54, 1.807) is 16.2 Å². The Morgan fingerprint density at radius 3 is 3.09 bits per heavy atom. The normalized spacial score (nSPS) is 21.4. The zero-order chi connectivity index (χ0) is 16.2. The first-order valence-corrected chi connectivity index (χ1v) is 8.74. The van der Waals surface area contributed by atoms with Gasteiger partial charge in [0.1, 0.15) is 6.10 Å². The Labute approximate surface area is 139 Å². The Bertz CT molecular complexity index is 641. The van der Waals surface area contributed by atoms with Crippen LogP contribution in [-0.4, -0.2) is 35.3 Å². The molecule has 3 heterocycles. The number of urea groups is 1. The first kappa shape index (κ1) is 16.0. The van der Waals surface area contributed by atoms with Crippen LogP contribution in [0.1, 0.15) is 37.0 Å². The van der Waals surface area contributed by atoms with Gasteiger partial charge >= 0.3 is 6.03 Å². The van der Waals surface area contributed by atoms with Crippen molar-refractivity contribution in [2.75, 3.05) is 13.1 Å². The Kier molecular flexibility index (Phi) is 4.97. The van der Waals surface area contributed by atoms with E-state index in [0.717, 1.165) is 17.7 Å². The van der Waals surface area contributed by atoms with Gasteiger partial charge in [0.15, 0.2) is 5.76 Å². The average molecular weight is 335 g/mol. The van der Waals surface area contributed by atoms with Crippen molar-refractivity contribution in [3.05, 3.63) is 39.9 Å². The van der Waals surface area contributed by atoms with Crippen LogP contribution in [0.2, 0.25) is 0 Å². The summed E-state index contributed by atoms with van der Waals surface area (Å²) in [7, 11) is 0. The fourth-order valence-electron chi connectivity index (χ4n) is 2.64.